The monoisotopic (exact) mass is 809 g/mol. The van der Waals surface area contributed by atoms with Crippen LogP contribution in [0.1, 0.15) is 86.0 Å². The van der Waals surface area contributed by atoms with Crippen LogP contribution >= 0.6 is 0 Å². The predicted molar refractivity (Wildman–Crippen MR) is 228 cm³/mol. The van der Waals surface area contributed by atoms with Crippen molar-refractivity contribution in [2.45, 2.75) is 156 Å². The number of urea groups is 2. The van der Waals surface area contributed by atoms with E-state index in [1.165, 1.54) is 0 Å². The molecule has 0 saturated heterocycles. The molecule has 0 heterocycles. The molecular weight excluding hydrogens is 725 g/mol. The lowest BCUT2D eigenvalue weighted by molar-refractivity contribution is 0.182. The highest BCUT2D eigenvalue weighted by molar-refractivity contribution is 6.71. The zero-order chi connectivity index (χ0) is 39.5. The standard InChI is InChI=1S/C37H84N4O7Si4/c1-13-44-49(6,7)32-22-28-40(29-23-33-50(8,9)45-14-2)36(42)38-26-20-18-19-21-27-39-37(43)41(30-24-34-51(10,11)46-15-3)31-25-35-52(12,47-16-4)48-17-5/h13-35H2,1-12H3,(H,38,42)(H,39,43). The molecule has 0 unspecified atom stereocenters. The van der Waals surface area contributed by atoms with E-state index in [4.69, 9.17) is 22.1 Å². The van der Waals surface area contributed by atoms with Crippen LogP contribution in [0.25, 0.3) is 0 Å². The maximum atomic E-state index is 13.3. The van der Waals surface area contributed by atoms with E-state index >= 15 is 0 Å². The van der Waals surface area contributed by atoms with Crippen molar-refractivity contribution in [1.82, 2.24) is 20.4 Å². The Bertz CT molecular complexity index is 904. The van der Waals surface area contributed by atoms with Gasteiger partial charge in [0.1, 0.15) is 0 Å². The minimum Gasteiger partial charge on any atom is -0.418 e. The molecule has 0 atom stereocenters. The first-order valence-electron chi connectivity index (χ1n) is 20.7. The number of nitrogens with one attached hydrogen (secondary N) is 2. The highest BCUT2D eigenvalue weighted by Gasteiger charge is 2.31. The van der Waals surface area contributed by atoms with E-state index in [0.717, 1.165) is 115 Å². The highest BCUT2D eigenvalue weighted by atomic mass is 28.4. The molecular formula is C37H84N4O7Si4. The lowest BCUT2D eigenvalue weighted by atomic mass is 10.2. The molecule has 0 saturated carbocycles. The number of nitrogens with zero attached hydrogens (tertiary/aromatic N) is 2. The second-order valence-corrected chi connectivity index (χ2v) is 32.1. The first-order chi connectivity index (χ1) is 24.5. The fourth-order valence-electron chi connectivity index (χ4n) is 6.71. The molecule has 0 rings (SSSR count). The Labute approximate surface area is 325 Å². The van der Waals surface area contributed by atoms with Crippen LogP contribution in [-0.4, -0.2) is 128 Å². The van der Waals surface area contributed by atoms with E-state index in [0.29, 0.717) is 32.8 Å². The van der Waals surface area contributed by atoms with Gasteiger partial charge in [-0.05, 0) is 143 Å². The van der Waals surface area contributed by atoms with Crippen LogP contribution in [0.3, 0.4) is 0 Å². The van der Waals surface area contributed by atoms with Crippen LogP contribution in [0.5, 0.6) is 0 Å². The van der Waals surface area contributed by atoms with E-state index in [1.807, 2.05) is 23.6 Å². The molecule has 11 nitrogen and oxygen atoms in total. The van der Waals surface area contributed by atoms with Crippen LogP contribution in [0.2, 0.25) is 70.0 Å². The number of unbranched alkanes of at least 4 members (excludes halogenated alkanes) is 3. The fourth-order valence-corrected chi connectivity index (χ4v) is 14.9. The summed E-state index contributed by atoms with van der Waals surface area (Å²) in [6, 6.07) is 4.05. The lowest BCUT2D eigenvalue weighted by Gasteiger charge is -2.29. The van der Waals surface area contributed by atoms with E-state index in [9.17, 15) is 9.59 Å². The van der Waals surface area contributed by atoms with Crippen molar-refractivity contribution in [2.24, 2.45) is 0 Å². The van der Waals surface area contributed by atoms with Gasteiger partial charge in [0, 0.05) is 72.3 Å². The maximum absolute atomic E-state index is 13.3. The van der Waals surface area contributed by atoms with Gasteiger partial charge in [-0.2, -0.15) is 0 Å². The average molecular weight is 809 g/mol. The topological polar surface area (TPSA) is 111 Å². The third-order valence-corrected chi connectivity index (χ3v) is 20.4. The van der Waals surface area contributed by atoms with E-state index in [2.05, 4.69) is 77.2 Å². The lowest BCUT2D eigenvalue weighted by Crippen LogP contribution is -2.44. The van der Waals surface area contributed by atoms with Gasteiger partial charge < -0.3 is 42.6 Å². The van der Waals surface area contributed by atoms with Gasteiger partial charge in [-0.15, -0.1) is 0 Å². The molecule has 0 aromatic heterocycles. The van der Waals surface area contributed by atoms with Crippen molar-refractivity contribution in [3.05, 3.63) is 0 Å². The molecule has 0 aliphatic rings. The molecule has 0 aromatic carbocycles. The fraction of sp³-hybridized carbons (Fsp3) is 0.946. The zero-order valence-corrected chi connectivity index (χ0v) is 40.0. The third-order valence-electron chi connectivity index (χ3n) is 9.41. The molecule has 52 heavy (non-hydrogen) atoms. The smallest absolute Gasteiger partial charge is 0.334 e. The Hall–Kier alpha value is -0.792. The predicted octanol–water partition coefficient (Wildman–Crippen LogP) is 9.00. The second-order valence-electron chi connectivity index (χ2n) is 15.8. The minimum absolute atomic E-state index is 0.0130. The van der Waals surface area contributed by atoms with Gasteiger partial charge in [0.15, 0.2) is 25.0 Å². The number of carbonyl (C=O) groups is 2. The Morgan fingerprint density at radius 1 is 0.423 bits per heavy atom. The number of amides is 4. The molecule has 4 amide bonds. The average Bonchev–Trinajstić information content (AvgIpc) is 3.04. The zero-order valence-electron chi connectivity index (χ0n) is 36.0. The largest absolute Gasteiger partial charge is 0.418 e. The Kier molecular flexibility index (Phi) is 28.2. The van der Waals surface area contributed by atoms with E-state index in [1.54, 1.807) is 0 Å². The van der Waals surface area contributed by atoms with Crippen molar-refractivity contribution in [1.29, 1.82) is 0 Å². The number of hydrogen-bond donors (Lipinski definition) is 2. The van der Waals surface area contributed by atoms with Crippen LogP contribution in [0, 0.1) is 0 Å². The van der Waals surface area contributed by atoms with Crippen molar-refractivity contribution in [3.63, 3.8) is 0 Å². The van der Waals surface area contributed by atoms with Gasteiger partial charge in [0.05, 0.1) is 0 Å². The summed E-state index contributed by atoms with van der Waals surface area (Å²) in [5.41, 5.74) is 0. The van der Waals surface area contributed by atoms with Gasteiger partial charge in [-0.1, -0.05) is 12.8 Å². The highest BCUT2D eigenvalue weighted by Crippen LogP contribution is 2.19. The summed E-state index contributed by atoms with van der Waals surface area (Å²) in [5.74, 6) is 0. The van der Waals surface area contributed by atoms with Gasteiger partial charge in [-0.25, -0.2) is 9.59 Å². The molecule has 0 bridgehead atoms. The number of hydrogen-bond acceptors (Lipinski definition) is 7. The summed E-state index contributed by atoms with van der Waals surface area (Å²) in [6.45, 7) is 33.7. The summed E-state index contributed by atoms with van der Waals surface area (Å²) in [5, 5.41) is 6.37. The van der Waals surface area contributed by atoms with Crippen molar-refractivity contribution in [2.75, 3.05) is 72.3 Å². The van der Waals surface area contributed by atoms with Gasteiger partial charge >= 0.3 is 20.6 Å². The second kappa shape index (κ2) is 28.6. The van der Waals surface area contributed by atoms with E-state index < -0.39 is 33.5 Å². The molecule has 0 aliphatic heterocycles. The molecule has 0 aromatic rings. The Balaban J connectivity index is 4.84. The first kappa shape index (κ1) is 51.2. The molecule has 0 fully saturated rings. The van der Waals surface area contributed by atoms with Gasteiger partial charge in [0.2, 0.25) is 0 Å². The van der Waals surface area contributed by atoms with Crippen LogP contribution in [-0.2, 0) is 22.1 Å². The first-order valence-corrected chi connectivity index (χ1v) is 32.6. The Morgan fingerprint density at radius 3 is 1.00 bits per heavy atom. The van der Waals surface area contributed by atoms with Crippen molar-refractivity contribution < 1.29 is 31.7 Å². The normalized spacial score (nSPS) is 12.6. The van der Waals surface area contributed by atoms with Crippen LogP contribution in [0.4, 0.5) is 9.59 Å². The summed E-state index contributed by atoms with van der Waals surface area (Å²) < 4.78 is 30.1. The molecule has 0 spiro atoms. The molecule has 310 valence electrons. The summed E-state index contributed by atoms with van der Waals surface area (Å²) >= 11 is 0. The van der Waals surface area contributed by atoms with E-state index in [-0.39, 0.29) is 12.1 Å². The van der Waals surface area contributed by atoms with Crippen LogP contribution < -0.4 is 10.6 Å². The molecule has 0 aliphatic carbocycles. The number of carbonyl (C=O) groups excluding carboxylic acids is 2. The van der Waals surface area contributed by atoms with Crippen molar-refractivity contribution in [3.8, 4) is 0 Å². The quantitative estimate of drug-likeness (QED) is 0.0503. The molecule has 15 heteroatoms. The Morgan fingerprint density at radius 2 is 0.712 bits per heavy atom. The maximum Gasteiger partial charge on any atom is 0.334 e. The van der Waals surface area contributed by atoms with Gasteiger partial charge in [-0.3, -0.25) is 0 Å². The minimum atomic E-state index is -2.22. The van der Waals surface area contributed by atoms with Crippen molar-refractivity contribution >= 4 is 45.6 Å². The van der Waals surface area contributed by atoms with Gasteiger partial charge in [0.25, 0.3) is 0 Å². The summed E-state index contributed by atoms with van der Waals surface area (Å²) in [7, 11) is -7.30. The third kappa shape index (κ3) is 26.1. The number of rotatable bonds is 33. The summed E-state index contributed by atoms with van der Waals surface area (Å²) in [4.78, 5) is 30.5. The van der Waals surface area contributed by atoms with Crippen LogP contribution in [0.15, 0.2) is 0 Å². The molecule has 0 radical (unpaired) electrons. The molecule has 2 N–H and O–H groups in total. The SMILES string of the molecule is CCO[Si](C)(C)CCCN(CCC[Si](C)(C)OCC)C(=O)NCCCCCCNC(=O)N(CCC[Si](C)(C)OCC)CCC[Si](C)(OCC)OCC. The summed E-state index contributed by atoms with van der Waals surface area (Å²) in [6.07, 6.45) is 7.62.